The number of carbonyl (C=O) groups excluding carboxylic acids is 1. The van der Waals surface area contributed by atoms with E-state index in [1.807, 2.05) is 4.57 Å². The number of hydrogen-bond donors (Lipinski definition) is 0. The molecule has 3 rings (SSSR count). The molecule has 0 unspecified atom stereocenters. The first kappa shape index (κ1) is 16.3. The van der Waals surface area contributed by atoms with E-state index in [9.17, 15) is 4.79 Å². The second kappa shape index (κ2) is 6.88. The predicted octanol–water partition coefficient (Wildman–Crippen LogP) is 3.99. The van der Waals surface area contributed by atoms with Crippen LogP contribution in [0.5, 0.6) is 0 Å². The van der Waals surface area contributed by atoms with E-state index in [1.165, 1.54) is 17.6 Å². The Morgan fingerprint density at radius 2 is 2.26 bits per heavy atom. The molecule has 120 valence electrons. The molecule has 23 heavy (non-hydrogen) atoms. The van der Waals surface area contributed by atoms with Crippen molar-refractivity contribution < 1.29 is 13.9 Å². The summed E-state index contributed by atoms with van der Waals surface area (Å²) in [6, 6.07) is 6.68. The Hall–Kier alpha value is -1.60. The summed E-state index contributed by atoms with van der Waals surface area (Å²) in [7, 11) is 1.61. The van der Waals surface area contributed by atoms with Gasteiger partial charge in [-0.05, 0) is 24.3 Å². The lowest BCUT2D eigenvalue weighted by Crippen LogP contribution is -2.19. The van der Waals surface area contributed by atoms with Crippen LogP contribution >= 0.6 is 34.5 Å². The summed E-state index contributed by atoms with van der Waals surface area (Å²) in [5.74, 6) is -0.264. The molecule has 0 radical (unpaired) electrons. The normalized spacial score (nSPS) is 12.2. The molecule has 0 aliphatic rings. The number of fused-ring (bicyclic) bond motifs is 1. The Kier molecular flexibility index (Phi) is 4.87. The number of ether oxygens (including phenoxy) is 1. The molecule has 2 aromatic heterocycles. The first-order valence-corrected chi connectivity index (χ1v) is 8.27. The van der Waals surface area contributed by atoms with Gasteiger partial charge in [-0.25, -0.2) is 0 Å². The molecule has 0 spiro atoms. The van der Waals surface area contributed by atoms with Crippen LogP contribution < -0.4 is 4.80 Å². The molecule has 2 heterocycles. The molecule has 0 aliphatic carbocycles. The molecule has 3 aromatic rings. The quantitative estimate of drug-likeness (QED) is 0.697. The Morgan fingerprint density at radius 3 is 2.96 bits per heavy atom. The van der Waals surface area contributed by atoms with Gasteiger partial charge in [-0.3, -0.25) is 4.79 Å². The average Bonchev–Trinajstić information content (AvgIpc) is 3.12. The van der Waals surface area contributed by atoms with Gasteiger partial charge in [0.15, 0.2) is 10.6 Å². The number of benzene rings is 1. The summed E-state index contributed by atoms with van der Waals surface area (Å²) in [6.07, 6.45) is 1.43. The maximum absolute atomic E-state index is 12.2. The van der Waals surface area contributed by atoms with Crippen LogP contribution in [0, 0.1) is 0 Å². The Balaban J connectivity index is 2.18. The van der Waals surface area contributed by atoms with Crippen LogP contribution in [0.1, 0.15) is 10.6 Å². The minimum atomic E-state index is -0.449. The van der Waals surface area contributed by atoms with Gasteiger partial charge in [-0.1, -0.05) is 34.5 Å². The fraction of sp³-hybridized carbons (Fsp3) is 0.200. The lowest BCUT2D eigenvalue weighted by atomic mass is 10.3. The third-order valence-electron chi connectivity index (χ3n) is 3.14. The van der Waals surface area contributed by atoms with E-state index in [1.54, 1.807) is 31.4 Å². The lowest BCUT2D eigenvalue weighted by Gasteiger charge is -2.05. The fourth-order valence-electron chi connectivity index (χ4n) is 2.15. The summed E-state index contributed by atoms with van der Waals surface area (Å²) < 4.78 is 12.9. The van der Waals surface area contributed by atoms with Crippen LogP contribution in [-0.2, 0) is 11.3 Å². The number of thiazole rings is 1. The van der Waals surface area contributed by atoms with Crippen molar-refractivity contribution in [3.63, 3.8) is 0 Å². The number of aromatic nitrogens is 1. The summed E-state index contributed by atoms with van der Waals surface area (Å²) in [5, 5.41) is 1.04. The third-order valence-corrected chi connectivity index (χ3v) is 4.68. The van der Waals surface area contributed by atoms with Crippen LogP contribution in [0.15, 0.2) is 39.9 Å². The van der Waals surface area contributed by atoms with E-state index in [-0.39, 0.29) is 5.76 Å². The zero-order chi connectivity index (χ0) is 16.4. The van der Waals surface area contributed by atoms with Gasteiger partial charge in [0, 0.05) is 18.7 Å². The van der Waals surface area contributed by atoms with Crippen LogP contribution in [0.4, 0.5) is 0 Å². The second-order valence-electron chi connectivity index (χ2n) is 4.66. The van der Waals surface area contributed by atoms with Gasteiger partial charge in [-0.15, -0.1) is 0 Å². The smallest absolute Gasteiger partial charge is 0.315 e. The number of carbonyl (C=O) groups is 1. The molecule has 0 saturated carbocycles. The predicted molar refractivity (Wildman–Crippen MR) is 90.3 cm³/mol. The van der Waals surface area contributed by atoms with Gasteiger partial charge in [-0.2, -0.15) is 4.99 Å². The number of rotatable bonds is 4. The van der Waals surface area contributed by atoms with Crippen molar-refractivity contribution in [3.8, 4) is 0 Å². The number of amides is 1. The third kappa shape index (κ3) is 3.35. The van der Waals surface area contributed by atoms with Crippen molar-refractivity contribution in [1.29, 1.82) is 0 Å². The highest BCUT2D eigenvalue weighted by molar-refractivity contribution is 7.16. The standard InChI is InChI=1S/C15H12Cl2N2O3S/c1-21-6-4-19-13-10(17)7-9(16)8-12(13)23-15(19)18-14(20)11-3-2-5-22-11/h2-3,5,7-8H,4,6H2,1H3. The van der Waals surface area contributed by atoms with Gasteiger partial charge in [0.1, 0.15) is 0 Å². The van der Waals surface area contributed by atoms with E-state index < -0.39 is 5.91 Å². The molecule has 1 amide bonds. The van der Waals surface area contributed by atoms with Gasteiger partial charge < -0.3 is 13.7 Å². The molecular formula is C15H12Cl2N2O3S. The number of methoxy groups -OCH3 is 1. The first-order valence-electron chi connectivity index (χ1n) is 6.70. The van der Waals surface area contributed by atoms with Crippen LogP contribution in [0.3, 0.4) is 0 Å². The summed E-state index contributed by atoms with van der Waals surface area (Å²) in [4.78, 5) is 16.8. The van der Waals surface area contributed by atoms with E-state index in [0.29, 0.717) is 28.0 Å². The minimum Gasteiger partial charge on any atom is -0.459 e. The highest BCUT2D eigenvalue weighted by atomic mass is 35.5. The van der Waals surface area contributed by atoms with Crippen molar-refractivity contribution in [3.05, 3.63) is 51.1 Å². The number of nitrogens with zero attached hydrogens (tertiary/aromatic N) is 2. The van der Waals surface area contributed by atoms with Crippen LogP contribution in [0.2, 0.25) is 10.0 Å². The van der Waals surface area contributed by atoms with Crippen molar-refractivity contribution in [2.75, 3.05) is 13.7 Å². The van der Waals surface area contributed by atoms with Gasteiger partial charge in [0.25, 0.3) is 0 Å². The molecule has 0 aliphatic heterocycles. The molecule has 0 bridgehead atoms. The van der Waals surface area contributed by atoms with E-state index in [0.717, 1.165) is 10.2 Å². The maximum atomic E-state index is 12.2. The second-order valence-corrected chi connectivity index (χ2v) is 6.51. The van der Waals surface area contributed by atoms with Crippen molar-refractivity contribution in [2.24, 2.45) is 4.99 Å². The van der Waals surface area contributed by atoms with E-state index in [2.05, 4.69) is 4.99 Å². The molecule has 0 saturated heterocycles. The highest BCUT2D eigenvalue weighted by Gasteiger charge is 2.13. The highest BCUT2D eigenvalue weighted by Crippen LogP contribution is 2.29. The molecule has 8 heteroatoms. The monoisotopic (exact) mass is 370 g/mol. The minimum absolute atomic E-state index is 0.185. The number of furan rings is 1. The molecule has 0 fully saturated rings. The zero-order valence-corrected chi connectivity index (χ0v) is 14.4. The largest absolute Gasteiger partial charge is 0.459 e. The van der Waals surface area contributed by atoms with Crippen molar-refractivity contribution in [2.45, 2.75) is 6.54 Å². The Labute approximate surface area is 145 Å². The lowest BCUT2D eigenvalue weighted by molar-refractivity contribution is 0.0971. The van der Waals surface area contributed by atoms with Gasteiger partial charge in [0.05, 0.1) is 28.1 Å². The molecule has 5 nitrogen and oxygen atoms in total. The van der Waals surface area contributed by atoms with Gasteiger partial charge in [0.2, 0.25) is 0 Å². The van der Waals surface area contributed by atoms with Gasteiger partial charge >= 0.3 is 5.91 Å². The first-order chi connectivity index (χ1) is 11.1. The molecule has 0 atom stereocenters. The number of hydrogen-bond acceptors (Lipinski definition) is 4. The topological polar surface area (TPSA) is 56.7 Å². The number of halogens is 2. The Bertz CT molecular complexity index is 913. The average molecular weight is 371 g/mol. The van der Waals surface area contributed by atoms with Crippen molar-refractivity contribution in [1.82, 2.24) is 4.57 Å². The van der Waals surface area contributed by atoms with Crippen LogP contribution in [0.25, 0.3) is 10.2 Å². The molecule has 1 aromatic carbocycles. The summed E-state index contributed by atoms with van der Waals surface area (Å²) in [5.41, 5.74) is 0.782. The SMILES string of the molecule is COCCn1c(=NC(=O)c2ccco2)sc2cc(Cl)cc(Cl)c21. The molecular weight excluding hydrogens is 359 g/mol. The Morgan fingerprint density at radius 1 is 1.43 bits per heavy atom. The van der Waals surface area contributed by atoms with E-state index in [4.69, 9.17) is 32.4 Å². The maximum Gasteiger partial charge on any atom is 0.315 e. The van der Waals surface area contributed by atoms with Crippen molar-refractivity contribution >= 4 is 50.7 Å². The summed E-state index contributed by atoms with van der Waals surface area (Å²) in [6.45, 7) is 0.981. The van der Waals surface area contributed by atoms with Crippen LogP contribution in [-0.4, -0.2) is 24.2 Å². The van der Waals surface area contributed by atoms with E-state index >= 15 is 0 Å². The fourth-order valence-corrected chi connectivity index (χ4v) is 3.98. The summed E-state index contributed by atoms with van der Waals surface area (Å²) >= 11 is 13.7. The zero-order valence-electron chi connectivity index (χ0n) is 12.1. The molecule has 0 N–H and O–H groups in total.